The van der Waals surface area contributed by atoms with Gasteiger partial charge in [-0.25, -0.2) is 9.59 Å². The van der Waals surface area contributed by atoms with Crippen LogP contribution in [-0.2, 0) is 19.1 Å². The Morgan fingerprint density at radius 2 is 1.22 bits per heavy atom. The molecule has 0 N–H and O–H groups in total. The van der Waals surface area contributed by atoms with Crippen LogP contribution in [0.3, 0.4) is 0 Å². The molecule has 0 fully saturated rings. The molecule has 0 aliphatic carbocycles. The first-order valence-corrected chi connectivity index (χ1v) is 9.06. The largest absolute Gasteiger partial charge is 0.462 e. The summed E-state index contributed by atoms with van der Waals surface area (Å²) >= 11 is 0. The van der Waals surface area contributed by atoms with Gasteiger partial charge in [-0.05, 0) is 37.2 Å². The second-order valence-corrected chi connectivity index (χ2v) is 6.14. The molecule has 0 heterocycles. The van der Waals surface area contributed by atoms with Crippen LogP contribution in [0.4, 0.5) is 0 Å². The van der Waals surface area contributed by atoms with Crippen molar-refractivity contribution in [3.05, 3.63) is 11.1 Å². The van der Waals surface area contributed by atoms with Crippen LogP contribution >= 0.6 is 0 Å². The van der Waals surface area contributed by atoms with Gasteiger partial charge in [0.25, 0.3) is 0 Å². The molecule has 0 radical (unpaired) electrons. The molecule has 0 spiro atoms. The predicted molar refractivity (Wildman–Crippen MR) is 93.1 cm³/mol. The van der Waals surface area contributed by atoms with Crippen LogP contribution in [0.5, 0.6) is 0 Å². The number of esters is 2. The first kappa shape index (κ1) is 21.7. The van der Waals surface area contributed by atoms with E-state index in [-0.39, 0.29) is 11.5 Å². The molecule has 23 heavy (non-hydrogen) atoms. The van der Waals surface area contributed by atoms with Gasteiger partial charge in [0.2, 0.25) is 0 Å². The van der Waals surface area contributed by atoms with Crippen molar-refractivity contribution in [2.75, 3.05) is 13.2 Å². The standard InChI is InChI=1S/C19H34O4/c1-6-9-12-16(15(4)5)17(18(20)22-13-10-7-2)19(21)23-14-11-8-3/h15H,6-14H2,1-5H3. The van der Waals surface area contributed by atoms with Gasteiger partial charge < -0.3 is 9.47 Å². The maximum Gasteiger partial charge on any atom is 0.345 e. The lowest BCUT2D eigenvalue weighted by Crippen LogP contribution is -2.23. The Bertz CT molecular complexity index is 359. The molecule has 0 saturated carbocycles. The lowest BCUT2D eigenvalue weighted by molar-refractivity contribution is -0.147. The van der Waals surface area contributed by atoms with Crippen molar-refractivity contribution >= 4 is 11.9 Å². The third-order valence-corrected chi connectivity index (χ3v) is 3.69. The Labute approximate surface area is 141 Å². The van der Waals surface area contributed by atoms with E-state index in [2.05, 4.69) is 6.92 Å². The van der Waals surface area contributed by atoms with Gasteiger partial charge in [-0.3, -0.25) is 0 Å². The first-order valence-electron chi connectivity index (χ1n) is 9.06. The van der Waals surface area contributed by atoms with E-state index in [1.165, 1.54) is 0 Å². The maximum atomic E-state index is 12.4. The van der Waals surface area contributed by atoms with Gasteiger partial charge in [0.1, 0.15) is 5.57 Å². The third-order valence-electron chi connectivity index (χ3n) is 3.69. The number of hydrogen-bond donors (Lipinski definition) is 0. The van der Waals surface area contributed by atoms with E-state index in [1.807, 2.05) is 27.7 Å². The number of carbonyl (C=O) groups excluding carboxylic acids is 2. The van der Waals surface area contributed by atoms with Gasteiger partial charge in [0.15, 0.2) is 0 Å². The van der Waals surface area contributed by atoms with Crippen molar-refractivity contribution in [3.63, 3.8) is 0 Å². The average Bonchev–Trinajstić information content (AvgIpc) is 2.51. The van der Waals surface area contributed by atoms with Crippen molar-refractivity contribution in [1.82, 2.24) is 0 Å². The zero-order valence-electron chi connectivity index (χ0n) is 15.6. The van der Waals surface area contributed by atoms with Crippen LogP contribution < -0.4 is 0 Å². The second-order valence-electron chi connectivity index (χ2n) is 6.14. The highest BCUT2D eigenvalue weighted by Gasteiger charge is 2.27. The molecule has 0 rings (SSSR count). The van der Waals surface area contributed by atoms with Crippen LogP contribution in [0.1, 0.15) is 79.6 Å². The van der Waals surface area contributed by atoms with E-state index < -0.39 is 11.9 Å². The van der Waals surface area contributed by atoms with Crippen LogP contribution in [-0.4, -0.2) is 25.2 Å². The lowest BCUT2D eigenvalue weighted by atomic mass is 9.92. The van der Waals surface area contributed by atoms with Crippen LogP contribution in [0.2, 0.25) is 0 Å². The molecular weight excluding hydrogens is 292 g/mol. The van der Waals surface area contributed by atoms with Gasteiger partial charge in [0.05, 0.1) is 13.2 Å². The monoisotopic (exact) mass is 326 g/mol. The summed E-state index contributed by atoms with van der Waals surface area (Å²) in [7, 11) is 0. The molecule has 0 amide bonds. The highest BCUT2D eigenvalue weighted by atomic mass is 16.6. The number of carbonyl (C=O) groups is 2. The van der Waals surface area contributed by atoms with Crippen molar-refractivity contribution in [2.24, 2.45) is 5.92 Å². The quantitative estimate of drug-likeness (QED) is 0.170. The fourth-order valence-electron chi connectivity index (χ4n) is 2.18. The van der Waals surface area contributed by atoms with Gasteiger partial charge in [-0.2, -0.15) is 0 Å². The van der Waals surface area contributed by atoms with Gasteiger partial charge in [-0.1, -0.05) is 53.9 Å². The highest BCUT2D eigenvalue weighted by Crippen LogP contribution is 2.23. The summed E-state index contributed by atoms with van der Waals surface area (Å²) < 4.78 is 10.6. The fourth-order valence-corrected chi connectivity index (χ4v) is 2.18. The van der Waals surface area contributed by atoms with E-state index in [0.717, 1.165) is 50.5 Å². The first-order chi connectivity index (χ1) is 11.0. The molecule has 0 aromatic rings. The number of ether oxygens (including phenoxy) is 2. The molecule has 0 aromatic carbocycles. The van der Waals surface area contributed by atoms with E-state index in [0.29, 0.717) is 13.2 Å². The minimum Gasteiger partial charge on any atom is -0.462 e. The summed E-state index contributed by atoms with van der Waals surface area (Å²) in [6.45, 7) is 10.9. The van der Waals surface area contributed by atoms with E-state index >= 15 is 0 Å². The Morgan fingerprint density at radius 3 is 1.57 bits per heavy atom. The van der Waals surface area contributed by atoms with Gasteiger partial charge in [-0.15, -0.1) is 0 Å². The van der Waals surface area contributed by atoms with Gasteiger partial charge >= 0.3 is 11.9 Å². The molecule has 0 saturated heterocycles. The molecule has 0 aliphatic heterocycles. The minimum atomic E-state index is -0.528. The lowest BCUT2D eigenvalue weighted by Gasteiger charge is -2.17. The Hall–Kier alpha value is -1.32. The fraction of sp³-hybridized carbons (Fsp3) is 0.789. The van der Waals surface area contributed by atoms with Crippen molar-refractivity contribution in [3.8, 4) is 0 Å². The summed E-state index contributed by atoms with van der Waals surface area (Å²) in [5, 5.41) is 0. The van der Waals surface area contributed by atoms with Crippen LogP contribution in [0.15, 0.2) is 11.1 Å². The third kappa shape index (κ3) is 8.77. The van der Waals surface area contributed by atoms with Gasteiger partial charge in [0, 0.05) is 0 Å². The van der Waals surface area contributed by atoms with Crippen LogP contribution in [0, 0.1) is 5.92 Å². The molecule has 134 valence electrons. The Balaban J connectivity index is 5.29. The summed E-state index contributed by atoms with van der Waals surface area (Å²) in [6, 6.07) is 0. The molecule has 0 bridgehead atoms. The number of unbranched alkanes of at least 4 members (excludes halogenated alkanes) is 3. The average molecular weight is 326 g/mol. The molecular formula is C19H34O4. The van der Waals surface area contributed by atoms with Crippen molar-refractivity contribution < 1.29 is 19.1 Å². The number of allylic oxidation sites excluding steroid dienone is 1. The van der Waals surface area contributed by atoms with E-state index in [1.54, 1.807) is 0 Å². The summed E-state index contributed by atoms with van der Waals surface area (Å²) in [5.41, 5.74) is 0.982. The van der Waals surface area contributed by atoms with Crippen LogP contribution in [0.25, 0.3) is 0 Å². The van der Waals surface area contributed by atoms with E-state index in [9.17, 15) is 9.59 Å². The normalized spacial score (nSPS) is 10.5. The minimum absolute atomic E-state index is 0.119. The Kier molecular flexibility index (Phi) is 12.4. The molecule has 0 aromatic heterocycles. The summed E-state index contributed by atoms with van der Waals surface area (Å²) in [5.74, 6) is -0.937. The summed E-state index contributed by atoms with van der Waals surface area (Å²) in [4.78, 5) is 24.8. The zero-order chi connectivity index (χ0) is 17.7. The molecule has 0 unspecified atom stereocenters. The number of rotatable bonds is 12. The smallest absolute Gasteiger partial charge is 0.345 e. The molecule has 4 nitrogen and oxygen atoms in total. The summed E-state index contributed by atoms with van der Waals surface area (Å²) in [6.07, 6.45) is 6.18. The SMILES string of the molecule is CCCCOC(=O)C(C(=O)OCCCC)=C(CCCC)C(C)C. The van der Waals surface area contributed by atoms with E-state index in [4.69, 9.17) is 9.47 Å². The molecule has 0 aliphatic rings. The predicted octanol–water partition coefficient (Wildman–Crippen LogP) is 4.82. The second kappa shape index (κ2) is 13.1. The Morgan fingerprint density at radius 1 is 0.783 bits per heavy atom. The topological polar surface area (TPSA) is 52.6 Å². The van der Waals surface area contributed by atoms with Crippen molar-refractivity contribution in [2.45, 2.75) is 79.6 Å². The highest BCUT2D eigenvalue weighted by molar-refractivity contribution is 6.14. The zero-order valence-corrected chi connectivity index (χ0v) is 15.6. The van der Waals surface area contributed by atoms with Crippen molar-refractivity contribution in [1.29, 1.82) is 0 Å². The molecule has 4 heteroatoms. The maximum absolute atomic E-state index is 12.4. The molecule has 0 atom stereocenters. The number of hydrogen-bond acceptors (Lipinski definition) is 4.